The standard InChI is InChI=1S/C20H23BrN2O3S/c1-3-22(27(25,26)18-10-8-17(21)9-11-18)14-20(24)23-13-12-16-6-4-5-7-19(16)15(23)2/h4-11,15H,3,12-14H2,1-2H3. The average molecular weight is 451 g/mol. The molecule has 0 bridgehead atoms. The molecule has 1 amide bonds. The monoisotopic (exact) mass is 450 g/mol. The lowest BCUT2D eigenvalue weighted by Gasteiger charge is -2.36. The van der Waals surface area contributed by atoms with Crippen LogP contribution in [0.1, 0.15) is 31.0 Å². The van der Waals surface area contributed by atoms with Crippen LogP contribution < -0.4 is 0 Å². The van der Waals surface area contributed by atoms with Gasteiger partial charge in [-0.1, -0.05) is 47.1 Å². The lowest BCUT2D eigenvalue weighted by molar-refractivity contribution is -0.133. The van der Waals surface area contributed by atoms with E-state index in [9.17, 15) is 13.2 Å². The molecule has 27 heavy (non-hydrogen) atoms. The molecule has 7 heteroatoms. The maximum atomic E-state index is 12.9. The van der Waals surface area contributed by atoms with Gasteiger partial charge in [-0.25, -0.2) is 8.42 Å². The van der Waals surface area contributed by atoms with Gasteiger partial charge in [0.15, 0.2) is 0 Å². The van der Waals surface area contributed by atoms with E-state index in [1.807, 2.05) is 25.1 Å². The summed E-state index contributed by atoms with van der Waals surface area (Å²) in [6.45, 7) is 4.44. The second kappa shape index (κ2) is 8.12. The minimum atomic E-state index is -3.71. The third kappa shape index (κ3) is 4.10. The van der Waals surface area contributed by atoms with Gasteiger partial charge in [-0.15, -0.1) is 0 Å². The first-order valence-electron chi connectivity index (χ1n) is 8.97. The van der Waals surface area contributed by atoms with Crippen LogP contribution >= 0.6 is 15.9 Å². The molecule has 1 unspecified atom stereocenters. The molecule has 2 aromatic rings. The fraction of sp³-hybridized carbons (Fsp3) is 0.350. The highest BCUT2D eigenvalue weighted by molar-refractivity contribution is 9.10. The molecular weight excluding hydrogens is 428 g/mol. The van der Waals surface area contributed by atoms with Crippen LogP contribution in [0.5, 0.6) is 0 Å². The van der Waals surface area contributed by atoms with Crippen molar-refractivity contribution in [3.05, 3.63) is 64.1 Å². The maximum absolute atomic E-state index is 12.9. The summed E-state index contributed by atoms with van der Waals surface area (Å²) in [6.07, 6.45) is 0.790. The summed E-state index contributed by atoms with van der Waals surface area (Å²) in [5.41, 5.74) is 2.39. The van der Waals surface area contributed by atoms with Crippen molar-refractivity contribution in [3.63, 3.8) is 0 Å². The largest absolute Gasteiger partial charge is 0.334 e. The molecule has 0 saturated heterocycles. The molecule has 1 aliphatic rings. The van der Waals surface area contributed by atoms with Crippen LogP contribution in [-0.4, -0.2) is 43.2 Å². The summed E-state index contributed by atoms with van der Waals surface area (Å²) in [5, 5.41) is 0. The average Bonchev–Trinajstić information content (AvgIpc) is 2.66. The SMILES string of the molecule is CCN(CC(=O)N1CCc2ccccc2C1C)S(=O)(=O)c1ccc(Br)cc1. The molecule has 0 spiro atoms. The number of hydrogen-bond donors (Lipinski definition) is 0. The molecule has 0 saturated carbocycles. The molecule has 5 nitrogen and oxygen atoms in total. The molecule has 1 atom stereocenters. The van der Waals surface area contributed by atoms with Gasteiger partial charge in [0.1, 0.15) is 0 Å². The van der Waals surface area contributed by atoms with E-state index in [0.717, 1.165) is 16.5 Å². The Morgan fingerprint density at radius 1 is 1.19 bits per heavy atom. The van der Waals surface area contributed by atoms with Crippen LogP contribution in [0, 0.1) is 0 Å². The van der Waals surface area contributed by atoms with E-state index in [4.69, 9.17) is 0 Å². The summed E-state index contributed by atoms with van der Waals surface area (Å²) in [7, 11) is -3.71. The predicted molar refractivity (Wildman–Crippen MR) is 109 cm³/mol. The Balaban J connectivity index is 1.78. The molecule has 0 aromatic heterocycles. The highest BCUT2D eigenvalue weighted by Crippen LogP contribution is 2.29. The molecule has 1 aliphatic heterocycles. The molecule has 3 rings (SSSR count). The van der Waals surface area contributed by atoms with Crippen molar-refractivity contribution in [1.82, 2.24) is 9.21 Å². The predicted octanol–water partition coefficient (Wildman–Crippen LogP) is 3.61. The third-order valence-electron chi connectivity index (χ3n) is 5.03. The number of nitrogens with zero attached hydrogens (tertiary/aromatic N) is 2. The Hall–Kier alpha value is -1.70. The number of sulfonamides is 1. The zero-order chi connectivity index (χ0) is 19.6. The van der Waals surface area contributed by atoms with Crippen molar-refractivity contribution in [2.75, 3.05) is 19.6 Å². The Kier molecular flexibility index (Phi) is 6.03. The van der Waals surface area contributed by atoms with Gasteiger partial charge in [-0.3, -0.25) is 4.79 Å². The van der Waals surface area contributed by atoms with E-state index >= 15 is 0 Å². The van der Waals surface area contributed by atoms with Crippen molar-refractivity contribution < 1.29 is 13.2 Å². The van der Waals surface area contributed by atoms with Crippen LogP contribution in [0.15, 0.2) is 57.9 Å². The normalized spacial score (nSPS) is 17.0. The number of carbonyl (C=O) groups excluding carboxylic acids is 1. The number of benzene rings is 2. The second-order valence-corrected chi connectivity index (χ2v) is 9.45. The number of likely N-dealkylation sites (N-methyl/N-ethyl adjacent to an activating group) is 1. The zero-order valence-electron chi connectivity index (χ0n) is 15.4. The van der Waals surface area contributed by atoms with Gasteiger partial charge in [0.2, 0.25) is 15.9 Å². The molecule has 0 fully saturated rings. The molecule has 0 N–H and O–H groups in total. The minimum Gasteiger partial charge on any atom is -0.334 e. The fourth-order valence-corrected chi connectivity index (χ4v) is 5.14. The third-order valence-corrected chi connectivity index (χ3v) is 7.49. The van der Waals surface area contributed by atoms with E-state index < -0.39 is 10.0 Å². The molecular formula is C20H23BrN2O3S. The van der Waals surface area contributed by atoms with E-state index in [2.05, 4.69) is 22.0 Å². The quantitative estimate of drug-likeness (QED) is 0.698. The van der Waals surface area contributed by atoms with Crippen LogP contribution in [0.2, 0.25) is 0 Å². The van der Waals surface area contributed by atoms with Gasteiger partial charge >= 0.3 is 0 Å². The summed E-state index contributed by atoms with van der Waals surface area (Å²) >= 11 is 3.31. The Labute approximate surface area is 169 Å². The van der Waals surface area contributed by atoms with E-state index in [0.29, 0.717) is 6.54 Å². The minimum absolute atomic E-state index is 0.0588. The van der Waals surface area contributed by atoms with E-state index in [1.54, 1.807) is 36.1 Å². The van der Waals surface area contributed by atoms with E-state index in [-0.39, 0.29) is 29.9 Å². The van der Waals surface area contributed by atoms with Crippen LogP contribution in [0.4, 0.5) is 0 Å². The Morgan fingerprint density at radius 3 is 2.52 bits per heavy atom. The van der Waals surface area contributed by atoms with Gasteiger partial charge in [0.05, 0.1) is 17.5 Å². The second-order valence-electron chi connectivity index (χ2n) is 6.60. The number of fused-ring (bicyclic) bond motifs is 1. The van der Waals surface area contributed by atoms with Crippen molar-refractivity contribution in [3.8, 4) is 0 Å². The highest BCUT2D eigenvalue weighted by atomic mass is 79.9. The van der Waals surface area contributed by atoms with Crippen molar-refractivity contribution in [2.45, 2.75) is 31.2 Å². The van der Waals surface area contributed by atoms with Gasteiger partial charge in [-0.2, -0.15) is 4.31 Å². The van der Waals surface area contributed by atoms with Crippen molar-refractivity contribution in [1.29, 1.82) is 0 Å². The van der Waals surface area contributed by atoms with Crippen molar-refractivity contribution in [2.24, 2.45) is 0 Å². The highest BCUT2D eigenvalue weighted by Gasteiger charge is 2.31. The van der Waals surface area contributed by atoms with E-state index in [1.165, 1.54) is 9.87 Å². The van der Waals surface area contributed by atoms with Gasteiger partial charge in [-0.05, 0) is 48.7 Å². The number of halogens is 1. The lowest BCUT2D eigenvalue weighted by atomic mass is 9.93. The summed E-state index contributed by atoms with van der Waals surface area (Å²) < 4.78 is 27.9. The molecule has 144 valence electrons. The summed E-state index contributed by atoms with van der Waals surface area (Å²) in [6, 6.07) is 14.5. The first-order valence-corrected chi connectivity index (χ1v) is 11.2. The number of rotatable bonds is 5. The summed E-state index contributed by atoms with van der Waals surface area (Å²) in [5.74, 6) is -0.167. The first-order chi connectivity index (χ1) is 12.8. The zero-order valence-corrected chi connectivity index (χ0v) is 17.8. The summed E-state index contributed by atoms with van der Waals surface area (Å²) in [4.78, 5) is 14.9. The Bertz CT molecular complexity index is 928. The number of hydrogen-bond acceptors (Lipinski definition) is 3. The molecule has 2 aromatic carbocycles. The van der Waals surface area contributed by atoms with Gasteiger partial charge in [0.25, 0.3) is 0 Å². The lowest BCUT2D eigenvalue weighted by Crippen LogP contribution is -2.46. The maximum Gasteiger partial charge on any atom is 0.243 e. The molecule has 1 heterocycles. The smallest absolute Gasteiger partial charge is 0.243 e. The topological polar surface area (TPSA) is 57.7 Å². The first kappa shape index (κ1) is 20.0. The van der Waals surface area contributed by atoms with Crippen LogP contribution in [0.3, 0.4) is 0 Å². The molecule has 0 radical (unpaired) electrons. The Morgan fingerprint density at radius 2 is 1.85 bits per heavy atom. The van der Waals surface area contributed by atoms with Gasteiger partial charge in [0, 0.05) is 17.6 Å². The van der Waals surface area contributed by atoms with Crippen LogP contribution in [-0.2, 0) is 21.2 Å². The van der Waals surface area contributed by atoms with Crippen molar-refractivity contribution >= 4 is 31.9 Å². The number of carbonyl (C=O) groups is 1. The fourth-order valence-electron chi connectivity index (χ4n) is 3.48. The van der Waals surface area contributed by atoms with Gasteiger partial charge < -0.3 is 4.90 Å². The van der Waals surface area contributed by atoms with Crippen LogP contribution in [0.25, 0.3) is 0 Å². The molecule has 0 aliphatic carbocycles. The number of amides is 1.